The van der Waals surface area contributed by atoms with Crippen LogP contribution in [0.3, 0.4) is 0 Å². The van der Waals surface area contributed by atoms with Gasteiger partial charge in [-0.1, -0.05) is 5.16 Å². The van der Waals surface area contributed by atoms with Crippen LogP contribution in [0.5, 0.6) is 5.88 Å². The quantitative estimate of drug-likeness (QED) is 0.803. The monoisotopic (exact) mass is 230 g/mol. The minimum atomic E-state index is 0.0879. The van der Waals surface area contributed by atoms with Crippen molar-refractivity contribution in [2.45, 2.75) is 19.9 Å². The Hall–Kier alpha value is -2.04. The number of aromatic nitrogens is 2. The van der Waals surface area contributed by atoms with Crippen LogP contribution in [0, 0.1) is 13.2 Å². The van der Waals surface area contributed by atoms with Crippen molar-refractivity contribution in [1.82, 2.24) is 10.1 Å². The molecule has 0 aliphatic carbocycles. The predicted octanol–water partition coefficient (Wildman–Crippen LogP) is 1.45. The van der Waals surface area contributed by atoms with Gasteiger partial charge in [0.2, 0.25) is 12.1 Å². The van der Waals surface area contributed by atoms with Crippen molar-refractivity contribution in [2.75, 3.05) is 11.4 Å². The Balaban J connectivity index is 1.91. The molecule has 5 heteroatoms. The van der Waals surface area contributed by atoms with Gasteiger partial charge in [-0.25, -0.2) is 4.98 Å². The van der Waals surface area contributed by atoms with Gasteiger partial charge in [-0.15, -0.1) is 0 Å². The first-order valence-electron chi connectivity index (χ1n) is 5.49. The molecule has 0 unspecified atom stereocenters. The number of rotatable bonds is 1. The fraction of sp³-hybridized carbons (Fsp3) is 0.333. The van der Waals surface area contributed by atoms with E-state index in [0.717, 1.165) is 42.0 Å². The molecule has 3 heterocycles. The molecule has 1 aliphatic rings. The molecule has 3 rings (SSSR count). The average molecular weight is 230 g/mol. The Kier molecular flexibility index (Phi) is 2.24. The molecule has 0 saturated carbocycles. The summed E-state index contributed by atoms with van der Waals surface area (Å²) in [4.78, 5) is 6.07. The lowest BCUT2D eigenvalue weighted by atomic mass is 10.0. The number of fused-ring (bicyclic) bond motifs is 1. The van der Waals surface area contributed by atoms with Crippen molar-refractivity contribution in [2.24, 2.45) is 0 Å². The number of nitrogens with zero attached hydrogens (tertiary/aromatic N) is 3. The van der Waals surface area contributed by atoms with E-state index in [4.69, 9.17) is 4.52 Å². The molecule has 1 N–H and O–H groups in total. The highest BCUT2D eigenvalue weighted by Gasteiger charge is 2.20. The highest BCUT2D eigenvalue weighted by Crippen LogP contribution is 2.26. The molecule has 1 radical (unpaired) electrons. The smallest absolute Gasteiger partial charge is 0.230 e. The van der Waals surface area contributed by atoms with E-state index in [1.165, 1.54) is 0 Å². The second kappa shape index (κ2) is 3.76. The molecule has 17 heavy (non-hydrogen) atoms. The molecule has 2 aromatic heterocycles. The molecule has 0 bridgehead atoms. The third kappa shape index (κ3) is 1.73. The van der Waals surface area contributed by atoms with E-state index in [1.807, 2.05) is 6.92 Å². The maximum atomic E-state index is 9.33. The van der Waals surface area contributed by atoms with Crippen LogP contribution in [0.4, 0.5) is 5.69 Å². The highest BCUT2D eigenvalue weighted by molar-refractivity contribution is 5.49. The van der Waals surface area contributed by atoms with Crippen LogP contribution in [0.1, 0.15) is 16.8 Å². The summed E-state index contributed by atoms with van der Waals surface area (Å²) in [7, 11) is 0. The zero-order valence-corrected chi connectivity index (χ0v) is 9.47. The van der Waals surface area contributed by atoms with Gasteiger partial charge in [-0.05, 0) is 24.5 Å². The Morgan fingerprint density at radius 3 is 3.12 bits per heavy atom. The van der Waals surface area contributed by atoms with Crippen LogP contribution in [0.15, 0.2) is 16.8 Å². The lowest BCUT2D eigenvalue weighted by Gasteiger charge is -2.29. The lowest BCUT2D eigenvalue weighted by Crippen LogP contribution is -2.30. The van der Waals surface area contributed by atoms with Gasteiger partial charge >= 0.3 is 0 Å². The molecule has 0 aromatic carbocycles. The lowest BCUT2D eigenvalue weighted by molar-refractivity contribution is 0.408. The molecule has 2 aromatic rings. The Labute approximate surface area is 98.7 Å². The van der Waals surface area contributed by atoms with Gasteiger partial charge in [-0.2, -0.15) is 0 Å². The highest BCUT2D eigenvalue weighted by atomic mass is 16.5. The van der Waals surface area contributed by atoms with E-state index in [2.05, 4.69) is 21.3 Å². The maximum Gasteiger partial charge on any atom is 0.230 e. The summed E-state index contributed by atoms with van der Waals surface area (Å²) in [6.07, 6.45) is 5.39. The standard InChI is InChI=1S/C12H12N3O2/c1-8-11(7-17-14-8)15-3-2-9-4-12(16)13-5-10(9)6-15/h4-5H,2-3,6H2,1H3,(H,13,16). The van der Waals surface area contributed by atoms with E-state index in [1.54, 1.807) is 12.3 Å². The molecule has 5 nitrogen and oxygen atoms in total. The van der Waals surface area contributed by atoms with Gasteiger partial charge in [0.25, 0.3) is 0 Å². The maximum absolute atomic E-state index is 9.33. The normalized spacial score (nSPS) is 14.8. The van der Waals surface area contributed by atoms with Gasteiger partial charge in [0.05, 0.1) is 0 Å². The minimum Gasteiger partial charge on any atom is -0.493 e. The number of anilines is 1. The van der Waals surface area contributed by atoms with E-state index in [9.17, 15) is 5.11 Å². The molecular formula is C12H12N3O2. The van der Waals surface area contributed by atoms with Crippen molar-refractivity contribution in [3.05, 3.63) is 35.3 Å². The Bertz CT molecular complexity index is 550. The number of hydrogen-bond acceptors (Lipinski definition) is 5. The molecule has 0 amide bonds. The fourth-order valence-corrected chi connectivity index (χ4v) is 2.16. The van der Waals surface area contributed by atoms with Crippen molar-refractivity contribution in [3.63, 3.8) is 0 Å². The number of aryl methyl sites for hydroxylation is 1. The first kappa shape index (κ1) is 10.1. The molecule has 0 fully saturated rings. The van der Waals surface area contributed by atoms with Gasteiger partial charge in [-0.3, -0.25) is 0 Å². The molecule has 1 aliphatic heterocycles. The van der Waals surface area contributed by atoms with Crippen molar-refractivity contribution < 1.29 is 9.63 Å². The summed E-state index contributed by atoms with van der Waals surface area (Å²) in [5, 5.41) is 13.2. The topological polar surface area (TPSA) is 62.4 Å². The number of hydrogen-bond donors (Lipinski definition) is 1. The van der Waals surface area contributed by atoms with E-state index in [0.29, 0.717) is 0 Å². The third-order valence-electron chi connectivity index (χ3n) is 3.06. The largest absolute Gasteiger partial charge is 0.493 e. The number of aromatic hydroxyl groups is 1. The van der Waals surface area contributed by atoms with Crippen LogP contribution in [0.2, 0.25) is 0 Å². The second-order valence-electron chi connectivity index (χ2n) is 4.20. The first-order valence-corrected chi connectivity index (χ1v) is 5.49. The summed E-state index contributed by atoms with van der Waals surface area (Å²) in [5.74, 6) is 0.0879. The molecule has 0 saturated heterocycles. The third-order valence-corrected chi connectivity index (χ3v) is 3.06. The van der Waals surface area contributed by atoms with Gasteiger partial charge in [0.1, 0.15) is 11.4 Å². The van der Waals surface area contributed by atoms with E-state index >= 15 is 0 Å². The van der Waals surface area contributed by atoms with Crippen molar-refractivity contribution >= 4 is 5.69 Å². The summed E-state index contributed by atoms with van der Waals surface area (Å²) in [6, 6.07) is 1.73. The number of pyridine rings is 1. The van der Waals surface area contributed by atoms with Crippen LogP contribution in [0.25, 0.3) is 0 Å². The van der Waals surface area contributed by atoms with Crippen LogP contribution >= 0.6 is 0 Å². The second-order valence-corrected chi connectivity index (χ2v) is 4.20. The summed E-state index contributed by atoms with van der Waals surface area (Å²) >= 11 is 0. The van der Waals surface area contributed by atoms with E-state index < -0.39 is 0 Å². The van der Waals surface area contributed by atoms with Crippen LogP contribution in [-0.4, -0.2) is 21.8 Å². The molecule has 87 valence electrons. The Morgan fingerprint density at radius 2 is 2.35 bits per heavy atom. The average Bonchev–Trinajstić information content (AvgIpc) is 2.75. The van der Waals surface area contributed by atoms with Gasteiger partial charge < -0.3 is 14.5 Å². The zero-order chi connectivity index (χ0) is 11.8. The van der Waals surface area contributed by atoms with Crippen molar-refractivity contribution in [3.8, 4) is 5.88 Å². The van der Waals surface area contributed by atoms with Crippen LogP contribution in [-0.2, 0) is 13.0 Å². The van der Waals surface area contributed by atoms with Gasteiger partial charge in [0.15, 0.2) is 0 Å². The van der Waals surface area contributed by atoms with Gasteiger partial charge in [0, 0.05) is 25.4 Å². The zero-order valence-electron chi connectivity index (χ0n) is 9.47. The van der Waals surface area contributed by atoms with Crippen LogP contribution < -0.4 is 4.90 Å². The Morgan fingerprint density at radius 1 is 1.47 bits per heavy atom. The molecular weight excluding hydrogens is 218 g/mol. The molecule has 0 atom stereocenters. The van der Waals surface area contributed by atoms with Crippen molar-refractivity contribution in [1.29, 1.82) is 0 Å². The summed E-state index contributed by atoms with van der Waals surface area (Å²) in [6.45, 7) is 3.52. The first-order chi connectivity index (χ1) is 8.24. The SMILES string of the molecule is Cc1no[c]c1N1CCc2cc(O)ncc2C1. The fourth-order valence-electron chi connectivity index (χ4n) is 2.16. The molecule has 0 spiro atoms. The summed E-state index contributed by atoms with van der Waals surface area (Å²) in [5.41, 5.74) is 4.04. The summed E-state index contributed by atoms with van der Waals surface area (Å²) < 4.78 is 4.83. The minimum absolute atomic E-state index is 0.0879. The predicted molar refractivity (Wildman–Crippen MR) is 60.7 cm³/mol. The van der Waals surface area contributed by atoms with E-state index in [-0.39, 0.29) is 5.88 Å².